The highest BCUT2D eigenvalue weighted by atomic mass is 16.5. The molecule has 1 aliphatic rings. The third kappa shape index (κ3) is 5.36. The van der Waals surface area contributed by atoms with Gasteiger partial charge in [-0.15, -0.1) is 0 Å². The molecular formula is C27H26N4O3. The van der Waals surface area contributed by atoms with Crippen LogP contribution in [0.1, 0.15) is 23.1 Å². The van der Waals surface area contributed by atoms with Gasteiger partial charge in [-0.1, -0.05) is 30.3 Å². The van der Waals surface area contributed by atoms with Crippen molar-refractivity contribution in [1.82, 2.24) is 4.90 Å². The molecule has 172 valence electrons. The summed E-state index contributed by atoms with van der Waals surface area (Å²) in [5, 5.41) is 12.2. The summed E-state index contributed by atoms with van der Waals surface area (Å²) in [5.74, 6) is 0.633. The molecule has 1 aliphatic heterocycles. The van der Waals surface area contributed by atoms with Crippen molar-refractivity contribution in [3.05, 3.63) is 89.5 Å². The summed E-state index contributed by atoms with van der Waals surface area (Å²) < 4.78 is 5.14. The Hall–Kier alpha value is -4.31. The molecule has 1 fully saturated rings. The van der Waals surface area contributed by atoms with Gasteiger partial charge < -0.3 is 15.0 Å². The quantitative estimate of drug-likeness (QED) is 0.566. The van der Waals surface area contributed by atoms with Gasteiger partial charge in [-0.05, 0) is 60.0 Å². The predicted octanol–water partition coefficient (Wildman–Crippen LogP) is 4.58. The highest BCUT2D eigenvalue weighted by Crippen LogP contribution is 2.24. The number of methoxy groups -OCH3 is 1. The van der Waals surface area contributed by atoms with Crippen LogP contribution in [-0.4, -0.2) is 37.0 Å². The van der Waals surface area contributed by atoms with Crippen molar-refractivity contribution in [1.29, 1.82) is 5.26 Å². The lowest BCUT2D eigenvalue weighted by atomic mass is 10.1. The molecule has 1 saturated heterocycles. The lowest BCUT2D eigenvalue weighted by Crippen LogP contribution is -2.49. The number of benzene rings is 3. The topological polar surface area (TPSA) is 85.7 Å². The maximum absolute atomic E-state index is 13.1. The molecule has 4 rings (SSSR count). The molecule has 3 aromatic carbocycles. The molecule has 1 heterocycles. The zero-order chi connectivity index (χ0) is 23.9. The van der Waals surface area contributed by atoms with Crippen LogP contribution >= 0.6 is 0 Å². The zero-order valence-electron chi connectivity index (χ0n) is 19.0. The molecule has 0 aromatic heterocycles. The highest BCUT2D eigenvalue weighted by Gasteiger charge is 2.27. The molecule has 7 heteroatoms. The number of nitrogens with one attached hydrogen (secondary N) is 1. The van der Waals surface area contributed by atoms with Crippen LogP contribution in [0.3, 0.4) is 0 Å². The lowest BCUT2D eigenvalue weighted by Gasteiger charge is -2.36. The number of anilines is 2. The Morgan fingerprint density at radius 2 is 1.76 bits per heavy atom. The van der Waals surface area contributed by atoms with Crippen LogP contribution in [0, 0.1) is 11.3 Å². The number of urea groups is 1. The molecule has 0 atom stereocenters. The van der Waals surface area contributed by atoms with Crippen LogP contribution in [0.4, 0.5) is 16.2 Å². The van der Waals surface area contributed by atoms with Crippen LogP contribution in [0.2, 0.25) is 0 Å². The number of rotatable bonds is 7. The van der Waals surface area contributed by atoms with Gasteiger partial charge in [-0.25, -0.2) is 4.79 Å². The molecule has 3 aromatic rings. The fraction of sp³-hybridized carbons (Fsp3) is 0.222. The molecular weight excluding hydrogens is 428 g/mol. The summed E-state index contributed by atoms with van der Waals surface area (Å²) in [6.45, 7) is 1.67. The molecule has 0 spiro atoms. The number of hydrogen-bond acceptors (Lipinski definition) is 4. The van der Waals surface area contributed by atoms with Crippen molar-refractivity contribution in [2.75, 3.05) is 30.4 Å². The van der Waals surface area contributed by atoms with Gasteiger partial charge in [-0.3, -0.25) is 9.69 Å². The third-order valence-corrected chi connectivity index (χ3v) is 5.80. The lowest BCUT2D eigenvalue weighted by molar-refractivity contribution is -0.115. The molecule has 34 heavy (non-hydrogen) atoms. The SMILES string of the molecule is COc1ccc(CC(=O)Nc2ccc(N3CCCN(Cc4ccccc4C#N)C3=O)cc2)cc1. The second-order valence-corrected chi connectivity index (χ2v) is 8.10. The Balaban J connectivity index is 1.38. The van der Waals surface area contributed by atoms with E-state index in [2.05, 4.69) is 11.4 Å². The zero-order valence-corrected chi connectivity index (χ0v) is 19.0. The first-order valence-electron chi connectivity index (χ1n) is 11.1. The minimum atomic E-state index is -0.116. The Labute approximate surface area is 199 Å². The summed E-state index contributed by atoms with van der Waals surface area (Å²) in [5.41, 5.74) is 3.77. The van der Waals surface area contributed by atoms with Gasteiger partial charge in [0.25, 0.3) is 0 Å². The molecule has 0 saturated carbocycles. The van der Waals surface area contributed by atoms with E-state index < -0.39 is 0 Å². The Morgan fingerprint density at radius 1 is 1.03 bits per heavy atom. The molecule has 0 radical (unpaired) electrons. The summed E-state index contributed by atoms with van der Waals surface area (Å²) in [6, 6.07) is 24.1. The van der Waals surface area contributed by atoms with Crippen LogP contribution < -0.4 is 15.0 Å². The van der Waals surface area contributed by atoms with Crippen LogP contribution in [0.5, 0.6) is 5.75 Å². The Bertz CT molecular complexity index is 1200. The Morgan fingerprint density at radius 3 is 2.47 bits per heavy atom. The van der Waals surface area contributed by atoms with E-state index in [0.717, 1.165) is 29.0 Å². The van der Waals surface area contributed by atoms with Crippen molar-refractivity contribution < 1.29 is 14.3 Å². The van der Waals surface area contributed by atoms with Crippen LogP contribution in [0.15, 0.2) is 72.8 Å². The van der Waals surface area contributed by atoms with Gasteiger partial charge in [0.2, 0.25) is 5.91 Å². The van der Waals surface area contributed by atoms with Gasteiger partial charge in [0.05, 0.1) is 25.2 Å². The van der Waals surface area contributed by atoms with Crippen molar-refractivity contribution in [2.24, 2.45) is 0 Å². The second kappa shape index (κ2) is 10.5. The van der Waals surface area contributed by atoms with Gasteiger partial charge in [0.1, 0.15) is 5.75 Å². The van der Waals surface area contributed by atoms with Gasteiger partial charge in [-0.2, -0.15) is 5.26 Å². The number of hydrogen-bond donors (Lipinski definition) is 1. The first kappa shape index (κ1) is 22.9. The van der Waals surface area contributed by atoms with Crippen molar-refractivity contribution >= 4 is 23.3 Å². The van der Waals surface area contributed by atoms with Crippen LogP contribution in [-0.2, 0) is 17.8 Å². The standard InChI is InChI=1S/C27H26N4O3/c1-34-25-13-7-20(8-14-25)17-26(32)29-23-9-11-24(12-10-23)31-16-4-15-30(27(31)33)19-22-6-3-2-5-21(22)18-28/h2-3,5-14H,4,15-17,19H2,1H3,(H,29,32). The number of nitrogens with zero attached hydrogens (tertiary/aromatic N) is 3. The van der Waals surface area contributed by atoms with E-state index >= 15 is 0 Å². The summed E-state index contributed by atoms with van der Waals surface area (Å²) in [7, 11) is 1.61. The number of nitriles is 1. The molecule has 0 unspecified atom stereocenters. The van der Waals surface area contributed by atoms with E-state index in [0.29, 0.717) is 30.9 Å². The fourth-order valence-corrected chi connectivity index (χ4v) is 4.00. The van der Waals surface area contributed by atoms with E-state index in [1.807, 2.05) is 54.6 Å². The van der Waals surface area contributed by atoms with Crippen molar-refractivity contribution in [2.45, 2.75) is 19.4 Å². The Kier molecular flexibility index (Phi) is 7.09. The van der Waals surface area contributed by atoms with E-state index in [4.69, 9.17) is 4.74 Å². The molecule has 0 aliphatic carbocycles. The summed E-state index contributed by atoms with van der Waals surface area (Å²) >= 11 is 0. The average molecular weight is 455 g/mol. The number of ether oxygens (including phenoxy) is 1. The minimum Gasteiger partial charge on any atom is -0.497 e. The highest BCUT2D eigenvalue weighted by molar-refractivity contribution is 5.94. The monoisotopic (exact) mass is 454 g/mol. The molecule has 3 amide bonds. The van der Waals surface area contributed by atoms with Gasteiger partial charge >= 0.3 is 6.03 Å². The minimum absolute atomic E-state index is 0.0877. The van der Waals surface area contributed by atoms with Gasteiger partial charge in [0, 0.05) is 31.0 Å². The number of amides is 3. The maximum Gasteiger partial charge on any atom is 0.324 e. The predicted molar refractivity (Wildman–Crippen MR) is 131 cm³/mol. The van der Waals surface area contributed by atoms with E-state index in [9.17, 15) is 14.9 Å². The largest absolute Gasteiger partial charge is 0.497 e. The summed E-state index contributed by atoms with van der Waals surface area (Å²) in [6.07, 6.45) is 1.09. The third-order valence-electron chi connectivity index (χ3n) is 5.80. The molecule has 7 nitrogen and oxygen atoms in total. The first-order chi connectivity index (χ1) is 16.6. The van der Waals surface area contributed by atoms with Crippen molar-refractivity contribution in [3.8, 4) is 11.8 Å². The van der Waals surface area contributed by atoms with E-state index in [1.54, 1.807) is 35.1 Å². The number of carbonyl (C=O) groups excluding carboxylic acids is 2. The molecule has 0 bridgehead atoms. The maximum atomic E-state index is 13.1. The smallest absolute Gasteiger partial charge is 0.324 e. The number of carbonyl (C=O) groups is 2. The molecule has 1 N–H and O–H groups in total. The fourth-order valence-electron chi connectivity index (χ4n) is 4.00. The average Bonchev–Trinajstić information content (AvgIpc) is 2.86. The van der Waals surface area contributed by atoms with E-state index in [-0.39, 0.29) is 18.4 Å². The van der Waals surface area contributed by atoms with Crippen molar-refractivity contribution in [3.63, 3.8) is 0 Å². The first-order valence-corrected chi connectivity index (χ1v) is 11.1. The van der Waals surface area contributed by atoms with Crippen LogP contribution in [0.25, 0.3) is 0 Å². The van der Waals surface area contributed by atoms with Gasteiger partial charge in [0.15, 0.2) is 0 Å². The summed E-state index contributed by atoms with van der Waals surface area (Å²) in [4.78, 5) is 29.0. The van der Waals surface area contributed by atoms with E-state index in [1.165, 1.54) is 0 Å². The second-order valence-electron chi connectivity index (χ2n) is 8.10. The normalized spacial score (nSPS) is 13.4.